The van der Waals surface area contributed by atoms with Crippen LogP contribution < -0.4 is 15.4 Å². The summed E-state index contributed by atoms with van der Waals surface area (Å²) in [4.78, 5) is 13.1. The van der Waals surface area contributed by atoms with Crippen molar-refractivity contribution in [1.29, 1.82) is 0 Å². The Morgan fingerprint density at radius 2 is 2.05 bits per heavy atom. The molecule has 0 saturated carbocycles. The number of anilines is 1. The summed E-state index contributed by atoms with van der Waals surface area (Å²) in [5, 5.41) is 6.01. The minimum absolute atomic E-state index is 0.225. The molecule has 0 unspecified atom stereocenters. The Hall–Kier alpha value is -1.83. The normalized spacial score (nSPS) is 19.8. The highest BCUT2D eigenvalue weighted by molar-refractivity contribution is 8.04. The number of rotatable bonds is 1. The summed E-state index contributed by atoms with van der Waals surface area (Å²) in [5.74, 6) is -0.530. The van der Waals surface area contributed by atoms with E-state index in [2.05, 4.69) is 15.4 Å². The number of carbonyl (C=O) groups is 1. The van der Waals surface area contributed by atoms with Crippen LogP contribution in [0.4, 0.5) is 18.9 Å². The standard InChI is InChI=1S/C14H13F3N2O2S/c1-13(2)6-9-11(12(20)19-13)22-10-5-7(21-14(15,16)17)3-4-8(10)18-9/h3-5,18H,6H2,1-2H3,(H,19,20). The van der Waals surface area contributed by atoms with Crippen molar-refractivity contribution in [3.05, 3.63) is 28.8 Å². The molecule has 2 N–H and O–H groups in total. The van der Waals surface area contributed by atoms with Crippen molar-refractivity contribution < 1.29 is 22.7 Å². The number of benzene rings is 1. The second-order valence-electron chi connectivity index (χ2n) is 5.76. The number of ether oxygens (including phenoxy) is 1. The largest absolute Gasteiger partial charge is 0.573 e. The second kappa shape index (κ2) is 4.84. The van der Waals surface area contributed by atoms with Crippen LogP contribution in [0.25, 0.3) is 0 Å². The molecule has 1 amide bonds. The SMILES string of the molecule is CC1(C)CC2=C(Sc3cc(OC(F)(F)F)ccc3N2)C(=O)N1. The predicted molar refractivity (Wildman–Crippen MR) is 76.5 cm³/mol. The molecule has 2 aliphatic heterocycles. The molecule has 8 heteroatoms. The van der Waals surface area contributed by atoms with Crippen LogP contribution in [0, 0.1) is 0 Å². The van der Waals surface area contributed by atoms with E-state index in [0.717, 1.165) is 17.5 Å². The third-order valence-corrected chi connectivity index (χ3v) is 4.43. The van der Waals surface area contributed by atoms with E-state index in [1.54, 1.807) is 0 Å². The van der Waals surface area contributed by atoms with Crippen LogP contribution in [0.2, 0.25) is 0 Å². The third kappa shape index (κ3) is 3.01. The van der Waals surface area contributed by atoms with Crippen molar-refractivity contribution in [2.24, 2.45) is 0 Å². The van der Waals surface area contributed by atoms with Crippen LogP contribution in [0.5, 0.6) is 5.75 Å². The maximum absolute atomic E-state index is 12.3. The molecule has 1 aromatic carbocycles. The lowest BCUT2D eigenvalue weighted by Crippen LogP contribution is -2.48. The van der Waals surface area contributed by atoms with Crippen molar-refractivity contribution in [3.8, 4) is 5.75 Å². The molecule has 0 aromatic heterocycles. The first kappa shape index (κ1) is 15.1. The van der Waals surface area contributed by atoms with Gasteiger partial charge in [0.05, 0.1) is 10.6 Å². The summed E-state index contributed by atoms with van der Waals surface area (Å²) in [6.07, 6.45) is -4.11. The third-order valence-electron chi connectivity index (χ3n) is 3.24. The molecule has 0 spiro atoms. The number of thioether (sulfide) groups is 1. The molecule has 2 heterocycles. The number of alkyl halides is 3. The minimum Gasteiger partial charge on any atom is -0.406 e. The maximum atomic E-state index is 12.3. The quantitative estimate of drug-likeness (QED) is 0.826. The summed E-state index contributed by atoms with van der Waals surface area (Å²) >= 11 is 1.15. The lowest BCUT2D eigenvalue weighted by Gasteiger charge is -2.36. The van der Waals surface area contributed by atoms with Gasteiger partial charge in [0, 0.05) is 22.6 Å². The molecule has 22 heavy (non-hydrogen) atoms. The van der Waals surface area contributed by atoms with E-state index in [4.69, 9.17) is 0 Å². The lowest BCUT2D eigenvalue weighted by atomic mass is 9.94. The minimum atomic E-state index is -4.74. The van der Waals surface area contributed by atoms with Crippen LogP contribution in [0.15, 0.2) is 33.7 Å². The zero-order valence-electron chi connectivity index (χ0n) is 11.8. The summed E-state index contributed by atoms with van der Waals surface area (Å²) in [7, 11) is 0. The second-order valence-corrected chi connectivity index (χ2v) is 6.81. The molecular formula is C14H13F3N2O2S. The summed E-state index contributed by atoms with van der Waals surface area (Å²) in [5.41, 5.74) is 1.10. The molecule has 3 rings (SSSR count). The fraction of sp³-hybridized carbons (Fsp3) is 0.357. The highest BCUT2D eigenvalue weighted by Gasteiger charge is 2.36. The van der Waals surface area contributed by atoms with Gasteiger partial charge in [0.15, 0.2) is 0 Å². The van der Waals surface area contributed by atoms with E-state index in [1.165, 1.54) is 18.2 Å². The number of hydrogen-bond acceptors (Lipinski definition) is 4. The average Bonchev–Trinajstić information content (AvgIpc) is 2.34. The number of carbonyl (C=O) groups excluding carboxylic acids is 1. The average molecular weight is 330 g/mol. The maximum Gasteiger partial charge on any atom is 0.573 e. The molecule has 0 saturated heterocycles. The van der Waals surface area contributed by atoms with E-state index in [9.17, 15) is 18.0 Å². The van der Waals surface area contributed by atoms with Crippen LogP contribution in [0.3, 0.4) is 0 Å². The van der Waals surface area contributed by atoms with E-state index >= 15 is 0 Å². The van der Waals surface area contributed by atoms with E-state index in [-0.39, 0.29) is 17.2 Å². The van der Waals surface area contributed by atoms with E-state index in [0.29, 0.717) is 21.9 Å². The molecule has 0 atom stereocenters. The van der Waals surface area contributed by atoms with E-state index < -0.39 is 6.36 Å². The molecular weight excluding hydrogens is 317 g/mol. The van der Waals surface area contributed by atoms with Gasteiger partial charge in [-0.1, -0.05) is 11.8 Å². The van der Waals surface area contributed by atoms with Gasteiger partial charge in [-0.2, -0.15) is 0 Å². The fourth-order valence-electron chi connectivity index (χ4n) is 2.44. The molecule has 1 aromatic rings. The molecule has 4 nitrogen and oxygen atoms in total. The predicted octanol–water partition coefficient (Wildman–Crippen LogP) is 3.61. The Kier molecular flexibility index (Phi) is 3.32. The van der Waals surface area contributed by atoms with Crippen molar-refractivity contribution in [3.63, 3.8) is 0 Å². The van der Waals surface area contributed by atoms with Crippen molar-refractivity contribution in [2.45, 2.75) is 37.1 Å². The number of nitrogens with one attached hydrogen (secondary N) is 2. The van der Waals surface area contributed by atoms with Gasteiger partial charge in [0.25, 0.3) is 5.91 Å². The first-order chi connectivity index (χ1) is 10.1. The van der Waals surface area contributed by atoms with Gasteiger partial charge in [0.1, 0.15) is 5.75 Å². The smallest absolute Gasteiger partial charge is 0.406 e. The van der Waals surface area contributed by atoms with Crippen LogP contribution in [-0.2, 0) is 4.79 Å². The highest BCUT2D eigenvalue weighted by Crippen LogP contribution is 2.45. The van der Waals surface area contributed by atoms with Gasteiger partial charge < -0.3 is 15.4 Å². The topological polar surface area (TPSA) is 50.4 Å². The zero-order chi connectivity index (χ0) is 16.1. The fourth-order valence-corrected chi connectivity index (χ4v) is 3.45. The van der Waals surface area contributed by atoms with Crippen LogP contribution >= 0.6 is 11.8 Å². The number of halogens is 3. The lowest BCUT2D eigenvalue weighted by molar-refractivity contribution is -0.274. The Morgan fingerprint density at radius 3 is 2.73 bits per heavy atom. The number of amides is 1. The van der Waals surface area contributed by atoms with Gasteiger partial charge in [-0.05, 0) is 32.0 Å². The van der Waals surface area contributed by atoms with Gasteiger partial charge in [-0.25, -0.2) is 0 Å². The van der Waals surface area contributed by atoms with Gasteiger partial charge in [0.2, 0.25) is 0 Å². The molecule has 0 fully saturated rings. The van der Waals surface area contributed by atoms with Crippen molar-refractivity contribution in [1.82, 2.24) is 5.32 Å². The Bertz CT molecular complexity index is 683. The summed E-state index contributed by atoms with van der Waals surface area (Å²) in [6.45, 7) is 3.83. The van der Waals surface area contributed by atoms with Gasteiger partial charge in [-0.15, -0.1) is 13.2 Å². The summed E-state index contributed by atoms with van der Waals surface area (Å²) < 4.78 is 40.7. The van der Waals surface area contributed by atoms with Gasteiger partial charge in [-0.3, -0.25) is 4.79 Å². The molecule has 0 bridgehead atoms. The first-order valence-electron chi connectivity index (χ1n) is 6.53. The number of hydrogen-bond donors (Lipinski definition) is 2. The highest BCUT2D eigenvalue weighted by atomic mass is 32.2. The monoisotopic (exact) mass is 330 g/mol. The summed E-state index contributed by atoms with van der Waals surface area (Å²) in [6, 6.07) is 4.05. The van der Waals surface area contributed by atoms with Crippen LogP contribution in [0.1, 0.15) is 20.3 Å². The van der Waals surface area contributed by atoms with Crippen LogP contribution in [-0.4, -0.2) is 17.8 Å². The Labute approximate surface area is 129 Å². The Morgan fingerprint density at radius 1 is 1.32 bits per heavy atom. The molecule has 0 radical (unpaired) electrons. The van der Waals surface area contributed by atoms with E-state index in [1.807, 2.05) is 13.8 Å². The van der Waals surface area contributed by atoms with Crippen molar-refractivity contribution >= 4 is 23.4 Å². The van der Waals surface area contributed by atoms with Gasteiger partial charge >= 0.3 is 6.36 Å². The molecule has 2 aliphatic rings. The first-order valence-corrected chi connectivity index (χ1v) is 7.35. The molecule has 118 valence electrons. The molecule has 0 aliphatic carbocycles. The number of fused-ring (bicyclic) bond motifs is 1. The van der Waals surface area contributed by atoms with Crippen molar-refractivity contribution in [2.75, 3.05) is 5.32 Å². The Balaban J connectivity index is 1.90. The zero-order valence-corrected chi connectivity index (χ0v) is 12.6.